The number of amides is 2. The highest BCUT2D eigenvalue weighted by Crippen LogP contribution is 2.22. The summed E-state index contributed by atoms with van der Waals surface area (Å²) in [6.45, 7) is -1.76. The molecular formula is C16H15F4N3O3. The summed E-state index contributed by atoms with van der Waals surface area (Å²) < 4.78 is 55.6. The average Bonchev–Trinajstić information content (AvgIpc) is 3.02. The Hall–Kier alpha value is -3.04. The molecule has 1 aromatic carbocycles. The lowest BCUT2D eigenvalue weighted by Gasteiger charge is -2.07. The van der Waals surface area contributed by atoms with E-state index in [9.17, 15) is 27.2 Å². The maximum atomic E-state index is 13.6. The van der Waals surface area contributed by atoms with Gasteiger partial charge in [-0.05, 0) is 6.07 Å². The molecule has 0 unspecified atom stereocenters. The number of rotatable bonds is 6. The van der Waals surface area contributed by atoms with Crippen molar-refractivity contribution in [3.05, 3.63) is 53.1 Å². The van der Waals surface area contributed by atoms with Crippen LogP contribution in [0.15, 0.2) is 30.3 Å². The molecule has 2 rings (SSSR count). The third kappa shape index (κ3) is 4.98. The van der Waals surface area contributed by atoms with Gasteiger partial charge in [0.1, 0.15) is 30.4 Å². The van der Waals surface area contributed by atoms with Gasteiger partial charge in [0.15, 0.2) is 5.75 Å². The summed E-state index contributed by atoms with van der Waals surface area (Å²) in [5.41, 5.74) is -0.253. The molecule has 0 spiro atoms. The fourth-order valence-corrected chi connectivity index (χ4v) is 2.01. The van der Waals surface area contributed by atoms with Crippen LogP contribution in [0.4, 0.5) is 17.6 Å². The molecule has 10 heteroatoms. The first-order valence-electron chi connectivity index (χ1n) is 7.37. The van der Waals surface area contributed by atoms with Gasteiger partial charge in [-0.3, -0.25) is 9.59 Å². The molecule has 0 aliphatic rings. The average molecular weight is 373 g/mol. The normalized spacial score (nSPS) is 11.1. The molecule has 0 fully saturated rings. The first kappa shape index (κ1) is 19.3. The van der Waals surface area contributed by atoms with Crippen molar-refractivity contribution in [2.45, 2.75) is 12.8 Å². The van der Waals surface area contributed by atoms with Gasteiger partial charge in [0.05, 0.1) is 0 Å². The molecule has 0 aliphatic carbocycles. The Kier molecular flexibility index (Phi) is 5.86. The quantitative estimate of drug-likeness (QED) is 0.680. The second-order valence-electron chi connectivity index (χ2n) is 5.18. The highest BCUT2D eigenvalue weighted by Gasteiger charge is 2.29. The summed E-state index contributed by atoms with van der Waals surface area (Å²) >= 11 is 0. The van der Waals surface area contributed by atoms with E-state index in [0.717, 1.165) is 6.07 Å². The van der Waals surface area contributed by atoms with Gasteiger partial charge in [-0.1, -0.05) is 18.2 Å². The summed E-state index contributed by atoms with van der Waals surface area (Å²) in [5, 5.41) is 3.98. The molecule has 0 aliphatic heterocycles. The number of aromatic amines is 1. The number of H-pyrrole nitrogens is 1. The van der Waals surface area contributed by atoms with Crippen LogP contribution in [0.1, 0.15) is 26.5 Å². The van der Waals surface area contributed by atoms with E-state index in [1.54, 1.807) is 11.4 Å². The molecule has 26 heavy (non-hydrogen) atoms. The van der Waals surface area contributed by atoms with E-state index in [0.29, 0.717) is 0 Å². The lowest BCUT2D eigenvalue weighted by molar-refractivity contribution is -0.123. The molecule has 6 nitrogen and oxygen atoms in total. The monoisotopic (exact) mass is 373 g/mol. The number of benzene rings is 1. The number of carbonyl (C=O) groups is 2. The second kappa shape index (κ2) is 7.89. The van der Waals surface area contributed by atoms with Gasteiger partial charge >= 0.3 is 6.18 Å². The Labute approximate surface area is 145 Å². The van der Waals surface area contributed by atoms with Gasteiger partial charge < -0.3 is 20.4 Å². The third-order valence-electron chi connectivity index (χ3n) is 3.27. The standard InChI is InChI=1S/C16H15F4N3O3/c1-21-15(25)13-12(26-7-9-4-2-3-5-10(9)17)6-11(23-13)14(24)22-8-16(18,19)20/h2-6,23H,7-8H2,1H3,(H,21,25)(H,22,24). The Morgan fingerprint density at radius 2 is 1.88 bits per heavy atom. The summed E-state index contributed by atoms with van der Waals surface area (Å²) in [4.78, 5) is 26.1. The number of halogens is 4. The number of alkyl halides is 3. The van der Waals surface area contributed by atoms with Gasteiger partial charge in [0.25, 0.3) is 11.8 Å². The van der Waals surface area contributed by atoms with E-state index >= 15 is 0 Å². The lowest BCUT2D eigenvalue weighted by Crippen LogP contribution is -2.34. The fourth-order valence-electron chi connectivity index (χ4n) is 2.01. The van der Waals surface area contributed by atoms with Crippen molar-refractivity contribution in [3.8, 4) is 5.75 Å². The highest BCUT2D eigenvalue weighted by atomic mass is 19.4. The fraction of sp³-hybridized carbons (Fsp3) is 0.250. The SMILES string of the molecule is CNC(=O)c1[nH]c(C(=O)NCC(F)(F)F)cc1OCc1ccccc1F. The third-order valence-corrected chi connectivity index (χ3v) is 3.27. The highest BCUT2D eigenvalue weighted by molar-refractivity contribution is 5.99. The molecular weight excluding hydrogens is 358 g/mol. The number of aromatic nitrogens is 1. The zero-order chi connectivity index (χ0) is 19.3. The predicted octanol–water partition coefficient (Wildman–Crippen LogP) is 2.38. The van der Waals surface area contributed by atoms with Crippen LogP contribution in [0.2, 0.25) is 0 Å². The van der Waals surface area contributed by atoms with E-state index < -0.39 is 30.4 Å². The minimum absolute atomic E-state index is 0.0928. The molecule has 1 aromatic heterocycles. The summed E-state index contributed by atoms with van der Waals surface area (Å²) in [5.74, 6) is -2.32. The van der Waals surface area contributed by atoms with Crippen LogP contribution in [-0.2, 0) is 6.61 Å². The number of hydrogen-bond donors (Lipinski definition) is 3. The van der Waals surface area contributed by atoms with Gasteiger partial charge in [-0.2, -0.15) is 13.2 Å². The van der Waals surface area contributed by atoms with Crippen molar-refractivity contribution in [1.82, 2.24) is 15.6 Å². The summed E-state index contributed by atoms with van der Waals surface area (Å²) in [6.07, 6.45) is -4.57. The van der Waals surface area contributed by atoms with Crippen LogP contribution in [0.5, 0.6) is 5.75 Å². The first-order valence-corrected chi connectivity index (χ1v) is 7.37. The van der Waals surface area contributed by atoms with Gasteiger partial charge in [-0.25, -0.2) is 4.39 Å². The molecule has 0 atom stereocenters. The Morgan fingerprint density at radius 1 is 1.19 bits per heavy atom. The predicted molar refractivity (Wildman–Crippen MR) is 83.3 cm³/mol. The van der Waals surface area contributed by atoms with Crippen LogP contribution >= 0.6 is 0 Å². The molecule has 1 heterocycles. The molecule has 3 N–H and O–H groups in total. The summed E-state index contributed by atoms with van der Waals surface area (Å²) in [7, 11) is 1.33. The largest absolute Gasteiger partial charge is 0.486 e. The Bertz CT molecular complexity index is 802. The van der Waals surface area contributed by atoms with Crippen molar-refractivity contribution < 1.29 is 31.9 Å². The second-order valence-corrected chi connectivity index (χ2v) is 5.18. The van der Waals surface area contributed by atoms with E-state index in [2.05, 4.69) is 10.3 Å². The molecule has 0 radical (unpaired) electrons. The minimum atomic E-state index is -4.57. The maximum Gasteiger partial charge on any atom is 0.405 e. The maximum absolute atomic E-state index is 13.6. The first-order chi connectivity index (χ1) is 12.2. The zero-order valence-electron chi connectivity index (χ0n) is 13.5. The van der Waals surface area contributed by atoms with Gasteiger partial charge in [0, 0.05) is 18.7 Å². The van der Waals surface area contributed by atoms with E-state index in [1.165, 1.54) is 25.2 Å². The van der Waals surface area contributed by atoms with Crippen molar-refractivity contribution in [2.75, 3.05) is 13.6 Å². The molecule has 140 valence electrons. The molecule has 2 aromatic rings. The van der Waals surface area contributed by atoms with Crippen molar-refractivity contribution in [2.24, 2.45) is 0 Å². The lowest BCUT2D eigenvalue weighted by atomic mass is 10.2. The number of ether oxygens (including phenoxy) is 1. The van der Waals surface area contributed by atoms with Crippen LogP contribution in [0.25, 0.3) is 0 Å². The van der Waals surface area contributed by atoms with E-state index in [4.69, 9.17) is 4.74 Å². The summed E-state index contributed by atoms with van der Waals surface area (Å²) in [6, 6.07) is 6.86. The molecule has 0 bridgehead atoms. The van der Waals surface area contributed by atoms with Crippen LogP contribution < -0.4 is 15.4 Å². The molecule has 2 amide bonds. The number of carbonyl (C=O) groups excluding carboxylic acids is 2. The van der Waals surface area contributed by atoms with Crippen molar-refractivity contribution in [1.29, 1.82) is 0 Å². The van der Waals surface area contributed by atoms with Crippen LogP contribution in [0.3, 0.4) is 0 Å². The van der Waals surface area contributed by atoms with E-state index in [1.807, 2.05) is 0 Å². The van der Waals surface area contributed by atoms with Crippen molar-refractivity contribution in [3.63, 3.8) is 0 Å². The smallest absolute Gasteiger partial charge is 0.405 e. The van der Waals surface area contributed by atoms with Gasteiger partial charge in [0.2, 0.25) is 0 Å². The number of hydrogen-bond acceptors (Lipinski definition) is 3. The number of nitrogens with one attached hydrogen (secondary N) is 3. The van der Waals surface area contributed by atoms with E-state index in [-0.39, 0.29) is 29.3 Å². The van der Waals surface area contributed by atoms with Crippen LogP contribution in [-0.4, -0.2) is 36.6 Å². The van der Waals surface area contributed by atoms with Gasteiger partial charge in [-0.15, -0.1) is 0 Å². The van der Waals surface area contributed by atoms with Crippen LogP contribution in [0, 0.1) is 5.82 Å². The Morgan fingerprint density at radius 3 is 2.50 bits per heavy atom. The molecule has 0 saturated carbocycles. The minimum Gasteiger partial charge on any atom is -0.486 e. The Balaban J connectivity index is 2.19. The zero-order valence-corrected chi connectivity index (χ0v) is 13.5. The molecule has 0 saturated heterocycles. The van der Waals surface area contributed by atoms with Crippen molar-refractivity contribution >= 4 is 11.8 Å². The topological polar surface area (TPSA) is 83.2 Å².